The van der Waals surface area contributed by atoms with Crippen LogP contribution in [0.2, 0.25) is 0 Å². The zero-order valence-corrected chi connectivity index (χ0v) is 30.5. The van der Waals surface area contributed by atoms with Crippen molar-refractivity contribution in [3.8, 4) is 55.9 Å². The lowest BCUT2D eigenvalue weighted by atomic mass is 9.93. The predicted octanol–water partition coefficient (Wildman–Crippen LogP) is 13.9. The number of nitrogens with zero attached hydrogens (tertiary/aromatic N) is 3. The van der Waals surface area contributed by atoms with Gasteiger partial charge in [0, 0.05) is 33.7 Å². The molecular formula is C53H35N3. The number of hydrogen-bond donors (Lipinski definition) is 0. The minimum absolute atomic E-state index is 1.01. The lowest BCUT2D eigenvalue weighted by Crippen LogP contribution is -1.95. The van der Waals surface area contributed by atoms with Crippen LogP contribution in [-0.2, 0) is 0 Å². The van der Waals surface area contributed by atoms with Crippen LogP contribution >= 0.6 is 0 Å². The number of pyridine rings is 1. The molecule has 3 nitrogen and oxygen atoms in total. The molecule has 0 bridgehead atoms. The summed E-state index contributed by atoms with van der Waals surface area (Å²) in [5, 5.41) is 3.61. The molecule has 8 aromatic carbocycles. The highest BCUT2D eigenvalue weighted by atomic mass is 15.0. The van der Waals surface area contributed by atoms with Crippen molar-refractivity contribution in [2.75, 3.05) is 0 Å². The highest BCUT2D eigenvalue weighted by molar-refractivity contribution is 6.11. The van der Waals surface area contributed by atoms with Crippen molar-refractivity contribution in [2.45, 2.75) is 0 Å². The van der Waals surface area contributed by atoms with Crippen molar-refractivity contribution in [2.24, 2.45) is 0 Å². The first-order chi connectivity index (χ1) is 27.8. The molecule has 0 atom stereocenters. The first-order valence-electron chi connectivity index (χ1n) is 19.1. The molecule has 0 aliphatic heterocycles. The fraction of sp³-hybridized carbons (Fsp3) is 0. The van der Waals surface area contributed by atoms with E-state index in [0.29, 0.717) is 0 Å². The van der Waals surface area contributed by atoms with Crippen molar-refractivity contribution in [3.05, 3.63) is 212 Å². The third-order valence-electron chi connectivity index (χ3n) is 11.1. The SMILES string of the molecule is c1ccc(-c2cc(-c3ccccc3)cc(-c3cccc(-n4c5ccccc5c5ccc(-c6ccc7c(c6)c6ncccc6n7-c6ccccc6)cc54)c3)c2)cc1. The van der Waals surface area contributed by atoms with Crippen molar-refractivity contribution in [3.63, 3.8) is 0 Å². The number of hydrogen-bond acceptors (Lipinski definition) is 1. The van der Waals surface area contributed by atoms with E-state index in [1.165, 1.54) is 60.8 Å². The summed E-state index contributed by atoms with van der Waals surface area (Å²) < 4.78 is 4.74. The van der Waals surface area contributed by atoms with E-state index in [9.17, 15) is 0 Å². The molecule has 0 aliphatic carbocycles. The van der Waals surface area contributed by atoms with Gasteiger partial charge < -0.3 is 9.13 Å². The Morgan fingerprint density at radius 1 is 0.268 bits per heavy atom. The molecule has 0 fully saturated rings. The van der Waals surface area contributed by atoms with E-state index >= 15 is 0 Å². The summed E-state index contributed by atoms with van der Waals surface area (Å²) >= 11 is 0. The lowest BCUT2D eigenvalue weighted by molar-refractivity contribution is 1.17. The maximum absolute atomic E-state index is 4.88. The van der Waals surface area contributed by atoms with E-state index in [1.54, 1.807) is 0 Å². The molecule has 0 saturated carbocycles. The van der Waals surface area contributed by atoms with Crippen LogP contribution < -0.4 is 0 Å². The van der Waals surface area contributed by atoms with Crippen LogP contribution in [0.5, 0.6) is 0 Å². The lowest BCUT2D eigenvalue weighted by Gasteiger charge is -2.14. The van der Waals surface area contributed by atoms with E-state index in [-0.39, 0.29) is 0 Å². The molecule has 11 aromatic rings. The number of fused-ring (bicyclic) bond motifs is 6. The van der Waals surface area contributed by atoms with E-state index in [4.69, 9.17) is 4.98 Å². The molecule has 56 heavy (non-hydrogen) atoms. The molecule has 11 rings (SSSR count). The van der Waals surface area contributed by atoms with Gasteiger partial charge in [-0.25, -0.2) is 0 Å². The summed E-state index contributed by atoms with van der Waals surface area (Å²) in [5.74, 6) is 0. The Morgan fingerprint density at radius 2 is 0.786 bits per heavy atom. The molecule has 262 valence electrons. The standard InChI is InChI=1S/C53H35N3/c1-4-14-36(15-5-1)41-30-42(37-16-6-2-7-17-37)32-43(31-41)38-18-12-21-45(33-38)56-49-23-11-10-22-46(49)47-27-25-40(35-52(47)56)39-26-28-50-48(34-39)53-51(24-13-29-54-53)55(50)44-19-8-3-9-20-44/h1-35H. The van der Waals surface area contributed by atoms with Gasteiger partial charge in [-0.1, -0.05) is 127 Å². The van der Waals surface area contributed by atoms with Crippen LogP contribution in [0.4, 0.5) is 0 Å². The Morgan fingerprint density at radius 3 is 1.54 bits per heavy atom. The van der Waals surface area contributed by atoms with Gasteiger partial charge in [0.25, 0.3) is 0 Å². The van der Waals surface area contributed by atoms with Gasteiger partial charge in [-0.05, 0) is 123 Å². The Hall–Kier alpha value is -7.49. The highest BCUT2D eigenvalue weighted by Gasteiger charge is 2.17. The van der Waals surface area contributed by atoms with E-state index in [0.717, 1.165) is 38.9 Å². The van der Waals surface area contributed by atoms with Crippen molar-refractivity contribution in [1.82, 2.24) is 14.1 Å². The molecule has 3 heterocycles. The fourth-order valence-corrected chi connectivity index (χ4v) is 8.51. The summed E-state index contributed by atoms with van der Waals surface area (Å²) in [6, 6.07) is 74.5. The van der Waals surface area contributed by atoms with Gasteiger partial charge in [0.05, 0.1) is 27.6 Å². The van der Waals surface area contributed by atoms with E-state index in [1.807, 2.05) is 12.3 Å². The number of rotatable bonds is 6. The summed E-state index contributed by atoms with van der Waals surface area (Å²) in [6.07, 6.45) is 1.89. The van der Waals surface area contributed by atoms with Gasteiger partial charge in [0.2, 0.25) is 0 Å². The topological polar surface area (TPSA) is 22.8 Å². The van der Waals surface area contributed by atoms with Gasteiger partial charge in [-0.2, -0.15) is 0 Å². The Balaban J connectivity index is 1.08. The molecular weight excluding hydrogens is 679 g/mol. The second-order valence-electron chi connectivity index (χ2n) is 14.4. The second-order valence-corrected chi connectivity index (χ2v) is 14.4. The average Bonchev–Trinajstić information content (AvgIpc) is 3.79. The van der Waals surface area contributed by atoms with Crippen LogP contribution in [0, 0.1) is 0 Å². The molecule has 0 spiro atoms. The molecule has 3 heteroatoms. The van der Waals surface area contributed by atoms with Gasteiger partial charge in [0.1, 0.15) is 0 Å². The minimum Gasteiger partial charge on any atom is -0.309 e. The Bertz CT molecular complexity index is 3170. The first-order valence-corrected chi connectivity index (χ1v) is 19.1. The zero-order valence-electron chi connectivity index (χ0n) is 30.5. The normalized spacial score (nSPS) is 11.6. The Labute approximate surface area is 325 Å². The summed E-state index contributed by atoms with van der Waals surface area (Å²) in [6.45, 7) is 0. The predicted molar refractivity (Wildman–Crippen MR) is 235 cm³/mol. The zero-order chi connectivity index (χ0) is 37.0. The third-order valence-corrected chi connectivity index (χ3v) is 11.1. The van der Waals surface area contributed by atoms with Crippen LogP contribution in [0.3, 0.4) is 0 Å². The smallest absolute Gasteiger partial charge is 0.0963 e. The van der Waals surface area contributed by atoms with Gasteiger partial charge in [-0.3, -0.25) is 4.98 Å². The molecule has 3 aromatic heterocycles. The fourth-order valence-electron chi connectivity index (χ4n) is 8.51. The van der Waals surface area contributed by atoms with Crippen LogP contribution in [0.1, 0.15) is 0 Å². The number of benzene rings is 8. The molecule has 0 unspecified atom stereocenters. The number of aromatic nitrogens is 3. The maximum atomic E-state index is 4.88. The van der Waals surface area contributed by atoms with Crippen molar-refractivity contribution >= 4 is 43.7 Å². The van der Waals surface area contributed by atoms with Crippen molar-refractivity contribution in [1.29, 1.82) is 0 Å². The number of para-hydroxylation sites is 2. The van der Waals surface area contributed by atoms with Crippen LogP contribution in [0.25, 0.3) is 99.6 Å². The van der Waals surface area contributed by atoms with Crippen molar-refractivity contribution < 1.29 is 0 Å². The monoisotopic (exact) mass is 713 g/mol. The highest BCUT2D eigenvalue weighted by Crippen LogP contribution is 2.39. The largest absolute Gasteiger partial charge is 0.309 e. The van der Waals surface area contributed by atoms with Gasteiger partial charge in [-0.15, -0.1) is 0 Å². The molecule has 0 radical (unpaired) electrons. The second kappa shape index (κ2) is 13.1. The van der Waals surface area contributed by atoms with Crippen LogP contribution in [0.15, 0.2) is 212 Å². The summed E-state index contributed by atoms with van der Waals surface area (Å²) in [4.78, 5) is 4.88. The van der Waals surface area contributed by atoms with E-state index < -0.39 is 0 Å². The third kappa shape index (κ3) is 5.32. The quantitative estimate of drug-likeness (QED) is 0.168. The Kier molecular flexibility index (Phi) is 7.49. The van der Waals surface area contributed by atoms with Crippen LogP contribution in [-0.4, -0.2) is 14.1 Å². The summed E-state index contributed by atoms with van der Waals surface area (Å²) in [7, 11) is 0. The average molecular weight is 714 g/mol. The molecule has 0 aliphatic rings. The molecule has 0 amide bonds. The molecule has 0 saturated heterocycles. The van der Waals surface area contributed by atoms with Gasteiger partial charge >= 0.3 is 0 Å². The first kappa shape index (κ1) is 32.0. The summed E-state index contributed by atoms with van der Waals surface area (Å²) in [5.41, 5.74) is 17.4. The van der Waals surface area contributed by atoms with Gasteiger partial charge in [0.15, 0.2) is 0 Å². The van der Waals surface area contributed by atoms with E-state index in [2.05, 4.69) is 209 Å². The minimum atomic E-state index is 1.01. The molecule has 0 N–H and O–H groups in total. The maximum Gasteiger partial charge on any atom is 0.0963 e.